The molecule has 2 unspecified atom stereocenters. The van der Waals surface area contributed by atoms with Crippen LogP contribution in [0, 0.1) is 0 Å². The van der Waals surface area contributed by atoms with Gasteiger partial charge in [0.2, 0.25) is 15.9 Å². The molecule has 2 heterocycles. The summed E-state index contributed by atoms with van der Waals surface area (Å²) >= 11 is 0. The van der Waals surface area contributed by atoms with Gasteiger partial charge in [-0.15, -0.1) is 5.10 Å². The molecule has 0 fully saturated rings. The molecule has 0 spiro atoms. The van der Waals surface area contributed by atoms with Gasteiger partial charge in [0.05, 0.1) is 17.6 Å². The Hall–Kier alpha value is -4.22. The van der Waals surface area contributed by atoms with Gasteiger partial charge in [0.1, 0.15) is 24.4 Å². The Kier molecular flexibility index (Phi) is 6.89. The molecule has 10 nitrogen and oxygen atoms in total. The van der Waals surface area contributed by atoms with E-state index >= 15 is 0 Å². The topological polar surface area (TPSA) is 138 Å². The molecule has 190 valence electrons. The lowest BCUT2D eigenvalue weighted by molar-refractivity contribution is -0.125. The number of hydrogen-bond donors (Lipinski definition) is 2. The summed E-state index contributed by atoms with van der Waals surface area (Å²) in [6.07, 6.45) is 1.72. The van der Waals surface area contributed by atoms with Crippen LogP contribution in [0.15, 0.2) is 90.0 Å². The number of sulfonamides is 1. The fourth-order valence-electron chi connectivity index (χ4n) is 4.02. The van der Waals surface area contributed by atoms with Crippen LogP contribution in [0.3, 0.4) is 0 Å². The van der Waals surface area contributed by atoms with Crippen molar-refractivity contribution >= 4 is 15.9 Å². The number of nitrogens with zero attached hydrogens (tertiary/aromatic N) is 3. The van der Waals surface area contributed by atoms with Crippen LogP contribution in [0.5, 0.6) is 11.5 Å². The van der Waals surface area contributed by atoms with E-state index in [0.717, 1.165) is 5.56 Å². The second-order valence-corrected chi connectivity index (χ2v) is 10.2. The van der Waals surface area contributed by atoms with Crippen molar-refractivity contribution in [3.8, 4) is 22.8 Å². The first-order valence-electron chi connectivity index (χ1n) is 11.6. The number of aromatic nitrogens is 3. The molecule has 0 radical (unpaired) electrons. The van der Waals surface area contributed by atoms with Crippen LogP contribution in [-0.4, -0.2) is 48.6 Å². The fourth-order valence-corrected chi connectivity index (χ4v) is 4.53. The molecule has 5 rings (SSSR count). The molecule has 0 saturated carbocycles. The Morgan fingerprint density at radius 2 is 1.73 bits per heavy atom. The highest BCUT2D eigenvalue weighted by Crippen LogP contribution is 2.30. The van der Waals surface area contributed by atoms with Gasteiger partial charge in [0.15, 0.2) is 11.5 Å². The lowest BCUT2D eigenvalue weighted by atomic mass is 10.1. The van der Waals surface area contributed by atoms with Crippen molar-refractivity contribution in [2.24, 2.45) is 5.14 Å². The number of carbonyl (C=O) groups excluding carboxylic acids is 1. The average Bonchev–Trinajstić information content (AvgIpc) is 3.40. The van der Waals surface area contributed by atoms with E-state index in [4.69, 9.17) is 14.6 Å². The molecule has 1 aromatic heterocycles. The Morgan fingerprint density at radius 1 is 1.03 bits per heavy atom. The summed E-state index contributed by atoms with van der Waals surface area (Å²) in [5, 5.41) is 16.6. The van der Waals surface area contributed by atoms with Crippen molar-refractivity contribution in [1.82, 2.24) is 20.3 Å². The molecule has 1 aliphatic heterocycles. The Balaban J connectivity index is 1.33. The van der Waals surface area contributed by atoms with Crippen LogP contribution in [0.4, 0.5) is 0 Å². The summed E-state index contributed by atoms with van der Waals surface area (Å²) in [6.45, 7) is 0.581. The first-order valence-corrected chi connectivity index (χ1v) is 13.2. The number of nitrogens with two attached hydrogens (primary N) is 1. The van der Waals surface area contributed by atoms with Crippen LogP contribution in [0.25, 0.3) is 11.3 Å². The van der Waals surface area contributed by atoms with Crippen molar-refractivity contribution < 1.29 is 22.7 Å². The van der Waals surface area contributed by atoms with Gasteiger partial charge in [-0.3, -0.25) is 4.79 Å². The second kappa shape index (κ2) is 10.4. The summed E-state index contributed by atoms with van der Waals surface area (Å²) in [5.74, 6) is 1.08. The van der Waals surface area contributed by atoms with Gasteiger partial charge < -0.3 is 14.8 Å². The maximum Gasteiger partial charge on any atom is 0.245 e. The highest BCUT2D eigenvalue weighted by atomic mass is 32.2. The van der Waals surface area contributed by atoms with Crippen molar-refractivity contribution in [2.75, 3.05) is 13.2 Å². The van der Waals surface area contributed by atoms with Gasteiger partial charge in [0, 0.05) is 12.0 Å². The zero-order chi connectivity index (χ0) is 25.8. The van der Waals surface area contributed by atoms with Crippen molar-refractivity contribution in [3.63, 3.8) is 0 Å². The van der Waals surface area contributed by atoms with Crippen LogP contribution < -0.4 is 19.9 Å². The standard InChI is InChI=1S/C26H25N5O5S/c27-37(33,34)21-12-10-19(11-13-21)22-16-31(30-29-22)23(14-18-6-2-1-3-7-18)26(32)28-15-20-17-35-24-8-4-5-9-25(24)36-20/h1-13,16,20,23H,14-15,17H2,(H,28,32)(H2,27,33,34). The SMILES string of the molecule is NS(=O)(=O)c1ccc(-c2cn(C(Cc3ccccc3)C(=O)NCC3COc4ccccc4O3)nn2)cc1. The molecule has 3 aromatic carbocycles. The molecule has 11 heteroatoms. The van der Waals surface area contributed by atoms with E-state index in [1.807, 2.05) is 54.6 Å². The highest BCUT2D eigenvalue weighted by Gasteiger charge is 2.26. The molecule has 0 bridgehead atoms. The molecule has 1 aliphatic rings. The van der Waals surface area contributed by atoms with Gasteiger partial charge in [0.25, 0.3) is 0 Å². The Labute approximate surface area is 214 Å². The molecule has 3 N–H and O–H groups in total. The largest absolute Gasteiger partial charge is 0.486 e. The smallest absolute Gasteiger partial charge is 0.245 e. The monoisotopic (exact) mass is 519 g/mol. The molecule has 37 heavy (non-hydrogen) atoms. The minimum Gasteiger partial charge on any atom is -0.486 e. The molecule has 4 aromatic rings. The lowest BCUT2D eigenvalue weighted by Crippen LogP contribution is -2.43. The van der Waals surface area contributed by atoms with E-state index in [1.54, 1.807) is 18.3 Å². The molecule has 1 amide bonds. The van der Waals surface area contributed by atoms with Crippen LogP contribution >= 0.6 is 0 Å². The van der Waals surface area contributed by atoms with E-state index < -0.39 is 16.1 Å². The zero-order valence-electron chi connectivity index (χ0n) is 19.7. The van der Waals surface area contributed by atoms with Gasteiger partial charge >= 0.3 is 0 Å². The third-order valence-corrected chi connectivity index (χ3v) is 6.88. The van der Waals surface area contributed by atoms with E-state index in [0.29, 0.717) is 35.8 Å². The first-order chi connectivity index (χ1) is 17.9. The number of ether oxygens (including phenoxy) is 2. The van der Waals surface area contributed by atoms with E-state index in [1.165, 1.54) is 16.8 Å². The Bertz CT molecular complexity index is 1490. The summed E-state index contributed by atoms with van der Waals surface area (Å²) < 4.78 is 36.3. The number of rotatable bonds is 8. The number of primary sulfonamides is 1. The third-order valence-electron chi connectivity index (χ3n) is 5.95. The number of para-hydroxylation sites is 2. The number of benzene rings is 3. The number of fused-ring (bicyclic) bond motifs is 1. The predicted molar refractivity (Wildman–Crippen MR) is 135 cm³/mol. The number of nitrogens with one attached hydrogen (secondary N) is 1. The van der Waals surface area contributed by atoms with Crippen LogP contribution in [0.2, 0.25) is 0 Å². The van der Waals surface area contributed by atoms with Crippen LogP contribution in [-0.2, 0) is 21.2 Å². The van der Waals surface area contributed by atoms with E-state index in [9.17, 15) is 13.2 Å². The molecule has 2 atom stereocenters. The number of hydrogen-bond acceptors (Lipinski definition) is 7. The average molecular weight is 520 g/mol. The molecular weight excluding hydrogens is 494 g/mol. The summed E-state index contributed by atoms with van der Waals surface area (Å²) in [6, 6.07) is 22.4. The first kappa shape index (κ1) is 24.5. The van der Waals surface area contributed by atoms with Crippen molar-refractivity contribution in [3.05, 3.63) is 90.6 Å². The fraction of sp³-hybridized carbons (Fsp3) is 0.192. The predicted octanol–water partition coefficient (Wildman–Crippen LogP) is 2.33. The van der Waals surface area contributed by atoms with Gasteiger partial charge in [-0.05, 0) is 29.8 Å². The second-order valence-electron chi connectivity index (χ2n) is 8.60. The van der Waals surface area contributed by atoms with Gasteiger partial charge in [-0.2, -0.15) is 0 Å². The summed E-state index contributed by atoms with van der Waals surface area (Å²) in [7, 11) is -3.80. The van der Waals surface area contributed by atoms with Gasteiger partial charge in [-0.1, -0.05) is 59.8 Å². The maximum atomic E-state index is 13.4. The van der Waals surface area contributed by atoms with Gasteiger partial charge in [-0.25, -0.2) is 18.2 Å². The number of carbonyl (C=O) groups is 1. The molecule has 0 saturated heterocycles. The molecule has 0 aliphatic carbocycles. The third kappa shape index (κ3) is 5.79. The van der Waals surface area contributed by atoms with Crippen molar-refractivity contribution in [1.29, 1.82) is 0 Å². The highest BCUT2D eigenvalue weighted by molar-refractivity contribution is 7.89. The van der Waals surface area contributed by atoms with E-state index in [-0.39, 0.29) is 23.5 Å². The minimum atomic E-state index is -3.80. The lowest BCUT2D eigenvalue weighted by Gasteiger charge is -2.27. The summed E-state index contributed by atoms with van der Waals surface area (Å²) in [5.41, 5.74) is 2.10. The number of amides is 1. The van der Waals surface area contributed by atoms with Crippen LogP contribution in [0.1, 0.15) is 11.6 Å². The van der Waals surface area contributed by atoms with Crippen molar-refractivity contribution in [2.45, 2.75) is 23.5 Å². The normalized spacial score (nSPS) is 15.6. The maximum absolute atomic E-state index is 13.4. The minimum absolute atomic E-state index is 0.00140. The zero-order valence-corrected chi connectivity index (χ0v) is 20.5. The quantitative estimate of drug-likeness (QED) is 0.364. The Morgan fingerprint density at radius 3 is 2.46 bits per heavy atom. The molecular formula is C26H25N5O5S. The summed E-state index contributed by atoms with van der Waals surface area (Å²) in [4.78, 5) is 13.4. The van der Waals surface area contributed by atoms with E-state index in [2.05, 4.69) is 15.6 Å².